The third kappa shape index (κ3) is 2.14. The van der Waals surface area contributed by atoms with E-state index in [-0.39, 0.29) is 17.8 Å². The summed E-state index contributed by atoms with van der Waals surface area (Å²) in [5, 5.41) is 0.394. The van der Waals surface area contributed by atoms with Crippen molar-refractivity contribution in [3.05, 3.63) is 70.0 Å². The fourth-order valence-electron chi connectivity index (χ4n) is 2.77. The summed E-state index contributed by atoms with van der Waals surface area (Å²) in [5.41, 5.74) is 5.84. The maximum absolute atomic E-state index is 14.0. The highest BCUT2D eigenvalue weighted by Crippen LogP contribution is 2.43. The second-order valence-corrected chi connectivity index (χ2v) is 5.26. The second kappa shape index (κ2) is 4.93. The number of benzene rings is 2. The molecule has 0 aliphatic heterocycles. The molecule has 0 spiro atoms. The lowest BCUT2D eigenvalue weighted by Crippen LogP contribution is -2.37. The van der Waals surface area contributed by atoms with Crippen LogP contribution in [0.3, 0.4) is 0 Å². The molecule has 0 amide bonds. The van der Waals surface area contributed by atoms with Gasteiger partial charge in [0.15, 0.2) is 0 Å². The first kappa shape index (κ1) is 12.6. The van der Waals surface area contributed by atoms with Gasteiger partial charge in [-0.1, -0.05) is 41.9 Å². The molecule has 2 aromatic rings. The van der Waals surface area contributed by atoms with Crippen LogP contribution in [0, 0.1) is 5.82 Å². The maximum atomic E-state index is 14.0. The number of hydrogen-bond donors (Lipinski definition) is 2. The predicted octanol–water partition coefficient (Wildman–Crippen LogP) is 3.32. The molecule has 98 valence electrons. The van der Waals surface area contributed by atoms with Gasteiger partial charge >= 0.3 is 0 Å². The van der Waals surface area contributed by atoms with Crippen molar-refractivity contribution in [2.24, 2.45) is 5.84 Å². The number of nitrogens with two attached hydrogens (primary N) is 1. The number of fused-ring (bicyclic) bond motifs is 1. The topological polar surface area (TPSA) is 38.0 Å². The van der Waals surface area contributed by atoms with Gasteiger partial charge in [0.25, 0.3) is 0 Å². The van der Waals surface area contributed by atoms with Crippen molar-refractivity contribution >= 4 is 11.6 Å². The van der Waals surface area contributed by atoms with Crippen LogP contribution in [-0.2, 0) is 6.42 Å². The molecule has 0 saturated heterocycles. The molecule has 0 aromatic heterocycles. The molecule has 3 N–H and O–H groups in total. The minimum atomic E-state index is -0.320. The average molecular weight is 277 g/mol. The maximum Gasteiger partial charge on any atom is 0.129 e. The fraction of sp³-hybridized carbons (Fsp3) is 0.200. The Morgan fingerprint density at radius 3 is 2.74 bits per heavy atom. The molecule has 2 unspecified atom stereocenters. The first-order chi connectivity index (χ1) is 9.20. The number of halogens is 2. The van der Waals surface area contributed by atoms with Crippen molar-refractivity contribution in [1.29, 1.82) is 0 Å². The van der Waals surface area contributed by atoms with Crippen molar-refractivity contribution in [3.63, 3.8) is 0 Å². The van der Waals surface area contributed by atoms with Crippen LogP contribution in [0.2, 0.25) is 5.02 Å². The normalized spacial score (nSPS) is 18.6. The van der Waals surface area contributed by atoms with Crippen LogP contribution in [0.5, 0.6) is 0 Å². The van der Waals surface area contributed by atoms with Crippen molar-refractivity contribution < 1.29 is 4.39 Å². The van der Waals surface area contributed by atoms with Crippen LogP contribution >= 0.6 is 11.6 Å². The smallest absolute Gasteiger partial charge is 0.129 e. The van der Waals surface area contributed by atoms with E-state index in [0.29, 0.717) is 10.6 Å². The van der Waals surface area contributed by atoms with E-state index < -0.39 is 0 Å². The van der Waals surface area contributed by atoms with Crippen molar-refractivity contribution in [3.8, 4) is 0 Å². The van der Waals surface area contributed by atoms with E-state index in [4.69, 9.17) is 17.4 Å². The van der Waals surface area contributed by atoms with E-state index in [2.05, 4.69) is 17.6 Å². The van der Waals surface area contributed by atoms with E-state index in [0.717, 1.165) is 6.42 Å². The predicted molar refractivity (Wildman–Crippen MR) is 74.4 cm³/mol. The SMILES string of the molecule is NNC(c1ccc(Cl)cc1F)C1Cc2ccccc21. The van der Waals surface area contributed by atoms with Gasteiger partial charge < -0.3 is 0 Å². The molecule has 2 aromatic carbocycles. The molecule has 1 aliphatic rings. The second-order valence-electron chi connectivity index (χ2n) is 4.82. The Bertz CT molecular complexity index is 615. The molecule has 3 rings (SSSR count). The third-order valence-corrected chi connectivity index (χ3v) is 4.01. The zero-order valence-electron chi connectivity index (χ0n) is 10.2. The summed E-state index contributed by atoms with van der Waals surface area (Å²) in [6.07, 6.45) is 0.910. The third-order valence-electron chi connectivity index (χ3n) is 3.77. The van der Waals surface area contributed by atoms with Crippen LogP contribution in [0.25, 0.3) is 0 Å². The first-order valence-electron chi connectivity index (χ1n) is 6.19. The van der Waals surface area contributed by atoms with Crippen LogP contribution in [0.4, 0.5) is 4.39 Å². The average Bonchev–Trinajstić information content (AvgIpc) is 2.37. The Morgan fingerprint density at radius 2 is 2.05 bits per heavy atom. The Hall–Kier alpha value is -1.42. The minimum Gasteiger partial charge on any atom is -0.271 e. The van der Waals surface area contributed by atoms with Gasteiger partial charge in [-0.25, -0.2) is 4.39 Å². The minimum absolute atomic E-state index is 0.205. The van der Waals surface area contributed by atoms with Gasteiger partial charge in [0.2, 0.25) is 0 Å². The van der Waals surface area contributed by atoms with E-state index >= 15 is 0 Å². The van der Waals surface area contributed by atoms with Crippen molar-refractivity contribution in [1.82, 2.24) is 5.43 Å². The molecular weight excluding hydrogens is 263 g/mol. The molecule has 19 heavy (non-hydrogen) atoms. The molecule has 0 radical (unpaired) electrons. The molecule has 2 nitrogen and oxygen atoms in total. The molecule has 4 heteroatoms. The van der Waals surface area contributed by atoms with Gasteiger partial charge in [-0.3, -0.25) is 11.3 Å². The Labute approximate surface area is 116 Å². The van der Waals surface area contributed by atoms with Crippen molar-refractivity contribution in [2.45, 2.75) is 18.4 Å². The van der Waals surface area contributed by atoms with Gasteiger partial charge in [-0.05, 0) is 29.7 Å². The zero-order chi connectivity index (χ0) is 13.4. The number of nitrogens with one attached hydrogen (secondary N) is 1. The highest BCUT2D eigenvalue weighted by molar-refractivity contribution is 6.30. The number of hydrazine groups is 1. The largest absolute Gasteiger partial charge is 0.271 e. The fourth-order valence-corrected chi connectivity index (χ4v) is 2.93. The summed E-state index contributed by atoms with van der Waals surface area (Å²) < 4.78 is 14.0. The molecule has 0 fully saturated rings. The monoisotopic (exact) mass is 276 g/mol. The lowest BCUT2D eigenvalue weighted by atomic mass is 9.72. The van der Waals surface area contributed by atoms with E-state index in [9.17, 15) is 4.39 Å². The van der Waals surface area contributed by atoms with Crippen LogP contribution in [0.15, 0.2) is 42.5 Å². The first-order valence-corrected chi connectivity index (χ1v) is 6.57. The highest BCUT2D eigenvalue weighted by Gasteiger charge is 2.34. The van der Waals surface area contributed by atoms with Crippen molar-refractivity contribution in [2.75, 3.05) is 0 Å². The summed E-state index contributed by atoms with van der Waals surface area (Å²) in [6.45, 7) is 0. The van der Waals surface area contributed by atoms with Crippen LogP contribution < -0.4 is 11.3 Å². The molecule has 0 bridgehead atoms. The van der Waals surface area contributed by atoms with E-state index in [1.165, 1.54) is 17.2 Å². The van der Waals surface area contributed by atoms with Gasteiger partial charge in [0.05, 0.1) is 6.04 Å². The van der Waals surface area contributed by atoms with E-state index in [1.54, 1.807) is 12.1 Å². The molecule has 1 aliphatic carbocycles. The van der Waals surface area contributed by atoms with Gasteiger partial charge in [-0.2, -0.15) is 0 Å². The number of hydrogen-bond acceptors (Lipinski definition) is 2. The van der Waals surface area contributed by atoms with Gasteiger partial charge in [0.1, 0.15) is 5.82 Å². The Morgan fingerprint density at radius 1 is 1.26 bits per heavy atom. The van der Waals surface area contributed by atoms with E-state index in [1.807, 2.05) is 12.1 Å². The summed E-state index contributed by atoms with van der Waals surface area (Å²) in [6, 6.07) is 12.7. The molecule has 0 heterocycles. The standard InChI is InChI=1S/C15H14ClFN2/c16-10-5-6-12(14(17)8-10)15(19-18)13-7-9-3-1-2-4-11(9)13/h1-6,8,13,15,19H,7,18H2. The quantitative estimate of drug-likeness (QED) is 0.667. The molecular formula is C15H14ClFN2. The zero-order valence-corrected chi connectivity index (χ0v) is 11.0. The van der Waals surface area contributed by atoms with Gasteiger partial charge in [0, 0.05) is 16.5 Å². The summed E-state index contributed by atoms with van der Waals surface area (Å²) in [7, 11) is 0. The lowest BCUT2D eigenvalue weighted by Gasteiger charge is -2.36. The summed E-state index contributed by atoms with van der Waals surface area (Å²) >= 11 is 5.78. The van der Waals surface area contributed by atoms with Crippen LogP contribution in [0.1, 0.15) is 28.7 Å². The lowest BCUT2D eigenvalue weighted by molar-refractivity contribution is 0.404. The Balaban J connectivity index is 1.95. The Kier molecular flexibility index (Phi) is 3.27. The summed E-state index contributed by atoms with van der Waals surface area (Å²) in [5.74, 6) is 5.52. The highest BCUT2D eigenvalue weighted by atomic mass is 35.5. The number of rotatable bonds is 3. The molecule has 0 saturated carbocycles. The van der Waals surface area contributed by atoms with Crippen LogP contribution in [-0.4, -0.2) is 0 Å². The molecule has 2 atom stereocenters. The van der Waals surface area contributed by atoms with Gasteiger partial charge in [-0.15, -0.1) is 0 Å². The summed E-state index contributed by atoms with van der Waals surface area (Å²) in [4.78, 5) is 0.